The van der Waals surface area contributed by atoms with E-state index in [0.717, 1.165) is 44.8 Å². The number of likely N-dealkylation sites (tertiary alicyclic amines) is 1. The highest BCUT2D eigenvalue weighted by atomic mass is 16.5. The Kier molecular flexibility index (Phi) is 6.35. The fourth-order valence-corrected chi connectivity index (χ4v) is 4.32. The van der Waals surface area contributed by atoms with E-state index < -0.39 is 23.7 Å². The van der Waals surface area contributed by atoms with Gasteiger partial charge in [-0.05, 0) is 12.0 Å². The van der Waals surface area contributed by atoms with Gasteiger partial charge in [0.15, 0.2) is 5.78 Å². The van der Waals surface area contributed by atoms with Gasteiger partial charge < -0.3 is 9.64 Å². The molecule has 0 aromatic heterocycles. The van der Waals surface area contributed by atoms with Crippen LogP contribution in [0.2, 0.25) is 0 Å². The molecule has 2 unspecified atom stereocenters. The number of nitrogens with zero attached hydrogens (tertiary/aromatic N) is 2. The Morgan fingerprint density at radius 1 is 0.900 bits per heavy atom. The molecule has 0 N–H and O–H groups in total. The normalized spacial score (nSPS) is 22.5. The molecule has 0 radical (unpaired) electrons. The van der Waals surface area contributed by atoms with E-state index in [1.54, 1.807) is 29.2 Å². The van der Waals surface area contributed by atoms with Crippen molar-refractivity contribution in [3.63, 3.8) is 0 Å². The van der Waals surface area contributed by atoms with Gasteiger partial charge in [0, 0.05) is 31.7 Å². The first-order valence-corrected chi connectivity index (χ1v) is 10.5. The fraction of sp³-hybridized carbons (Fsp3) is 0.375. The van der Waals surface area contributed by atoms with Crippen LogP contribution in [-0.2, 0) is 14.3 Å². The average molecular weight is 406 g/mol. The SMILES string of the molecule is O=C1C(=O)N(CCCN2CCOCC2)C(c2ccccc2)C1C(=O)c1ccccc1. The molecule has 4 rings (SSSR count). The second-order valence-corrected chi connectivity index (χ2v) is 7.73. The third-order valence-corrected chi connectivity index (χ3v) is 5.86. The topological polar surface area (TPSA) is 66.9 Å². The van der Waals surface area contributed by atoms with Crippen molar-refractivity contribution >= 4 is 17.5 Å². The molecule has 2 saturated heterocycles. The maximum Gasteiger partial charge on any atom is 0.291 e. The lowest BCUT2D eigenvalue weighted by Gasteiger charge is -2.30. The van der Waals surface area contributed by atoms with Crippen LogP contribution in [-0.4, -0.2) is 66.7 Å². The van der Waals surface area contributed by atoms with Crippen LogP contribution in [0, 0.1) is 5.92 Å². The second-order valence-electron chi connectivity index (χ2n) is 7.73. The van der Waals surface area contributed by atoms with Crippen LogP contribution in [0.15, 0.2) is 60.7 Å². The number of benzene rings is 2. The molecule has 1 amide bonds. The Balaban J connectivity index is 1.57. The molecule has 0 bridgehead atoms. The number of hydrogen-bond acceptors (Lipinski definition) is 5. The molecule has 30 heavy (non-hydrogen) atoms. The number of amides is 1. The van der Waals surface area contributed by atoms with Crippen LogP contribution in [0.1, 0.15) is 28.4 Å². The maximum atomic E-state index is 13.2. The molecule has 2 atom stereocenters. The van der Waals surface area contributed by atoms with E-state index >= 15 is 0 Å². The molecule has 2 aliphatic heterocycles. The number of ketones is 2. The zero-order valence-corrected chi connectivity index (χ0v) is 16.9. The van der Waals surface area contributed by atoms with Gasteiger partial charge in [0.05, 0.1) is 19.3 Å². The van der Waals surface area contributed by atoms with Crippen molar-refractivity contribution < 1.29 is 19.1 Å². The molecular formula is C24H26N2O4. The van der Waals surface area contributed by atoms with Gasteiger partial charge in [0.2, 0.25) is 5.78 Å². The molecule has 2 aliphatic rings. The third-order valence-electron chi connectivity index (χ3n) is 5.86. The van der Waals surface area contributed by atoms with Crippen molar-refractivity contribution in [3.05, 3.63) is 71.8 Å². The van der Waals surface area contributed by atoms with Gasteiger partial charge in [-0.25, -0.2) is 0 Å². The molecule has 2 fully saturated rings. The Labute approximate surface area is 176 Å². The molecule has 2 aromatic carbocycles. The maximum absolute atomic E-state index is 13.2. The summed E-state index contributed by atoms with van der Waals surface area (Å²) < 4.78 is 5.38. The highest BCUT2D eigenvalue weighted by Gasteiger charge is 2.51. The van der Waals surface area contributed by atoms with Crippen molar-refractivity contribution in [2.24, 2.45) is 5.92 Å². The number of hydrogen-bond donors (Lipinski definition) is 0. The predicted octanol–water partition coefficient (Wildman–Crippen LogP) is 2.36. The minimum atomic E-state index is -1.01. The summed E-state index contributed by atoms with van der Waals surface area (Å²) in [6.07, 6.45) is 0.745. The van der Waals surface area contributed by atoms with Crippen LogP contribution in [0.5, 0.6) is 0 Å². The molecular weight excluding hydrogens is 380 g/mol. The third kappa shape index (κ3) is 4.20. The molecule has 2 aromatic rings. The van der Waals surface area contributed by atoms with Crippen molar-refractivity contribution in [3.8, 4) is 0 Å². The number of carbonyl (C=O) groups is 3. The lowest BCUT2D eigenvalue weighted by atomic mass is 9.86. The Hall–Kier alpha value is -2.83. The minimum Gasteiger partial charge on any atom is -0.379 e. The Morgan fingerprint density at radius 2 is 1.53 bits per heavy atom. The van der Waals surface area contributed by atoms with Crippen LogP contribution >= 0.6 is 0 Å². The lowest BCUT2D eigenvalue weighted by Crippen LogP contribution is -2.39. The summed E-state index contributed by atoms with van der Waals surface area (Å²) in [7, 11) is 0. The largest absolute Gasteiger partial charge is 0.379 e. The van der Waals surface area contributed by atoms with Crippen LogP contribution in [0.4, 0.5) is 0 Å². The monoisotopic (exact) mass is 406 g/mol. The average Bonchev–Trinajstić information content (AvgIpc) is 3.05. The number of ether oxygens (including phenoxy) is 1. The van der Waals surface area contributed by atoms with Gasteiger partial charge >= 0.3 is 0 Å². The number of morpholine rings is 1. The van der Waals surface area contributed by atoms with Crippen LogP contribution in [0.25, 0.3) is 0 Å². The smallest absolute Gasteiger partial charge is 0.291 e. The van der Waals surface area contributed by atoms with Gasteiger partial charge in [-0.3, -0.25) is 19.3 Å². The van der Waals surface area contributed by atoms with Crippen molar-refractivity contribution in [2.75, 3.05) is 39.4 Å². The van der Waals surface area contributed by atoms with Crippen molar-refractivity contribution in [1.82, 2.24) is 9.80 Å². The Bertz CT molecular complexity index is 894. The molecule has 0 saturated carbocycles. The van der Waals surface area contributed by atoms with Gasteiger partial charge in [-0.2, -0.15) is 0 Å². The second kappa shape index (κ2) is 9.32. The lowest BCUT2D eigenvalue weighted by molar-refractivity contribution is -0.140. The van der Waals surface area contributed by atoms with Crippen molar-refractivity contribution in [2.45, 2.75) is 12.5 Å². The van der Waals surface area contributed by atoms with Gasteiger partial charge in [0.1, 0.15) is 5.92 Å². The summed E-state index contributed by atoms with van der Waals surface area (Å²) in [5.74, 6) is -2.46. The first-order chi connectivity index (χ1) is 14.7. The standard InChI is InChI=1S/C24H26N2O4/c27-22(19-10-5-2-6-11-19)20-21(18-8-3-1-4-9-18)26(24(29)23(20)28)13-7-12-25-14-16-30-17-15-25/h1-6,8-11,20-21H,7,12-17H2. The summed E-state index contributed by atoms with van der Waals surface area (Å²) in [5.41, 5.74) is 1.28. The zero-order valence-electron chi connectivity index (χ0n) is 16.9. The fourth-order valence-electron chi connectivity index (χ4n) is 4.32. The van der Waals surface area contributed by atoms with Crippen LogP contribution < -0.4 is 0 Å². The van der Waals surface area contributed by atoms with Gasteiger partial charge in [-0.1, -0.05) is 60.7 Å². The molecule has 0 aliphatic carbocycles. The molecule has 6 nitrogen and oxygen atoms in total. The first-order valence-electron chi connectivity index (χ1n) is 10.5. The molecule has 6 heteroatoms. The van der Waals surface area contributed by atoms with E-state index in [1.807, 2.05) is 36.4 Å². The van der Waals surface area contributed by atoms with E-state index in [-0.39, 0.29) is 5.78 Å². The summed E-state index contributed by atoms with van der Waals surface area (Å²) in [4.78, 5) is 43.0. The quantitative estimate of drug-likeness (QED) is 0.401. The number of Topliss-reactive ketones (excluding diaryl/α,β-unsaturated/α-hetero) is 2. The van der Waals surface area contributed by atoms with Crippen LogP contribution in [0.3, 0.4) is 0 Å². The number of carbonyl (C=O) groups excluding carboxylic acids is 3. The predicted molar refractivity (Wildman–Crippen MR) is 112 cm³/mol. The first kappa shape index (κ1) is 20.4. The summed E-state index contributed by atoms with van der Waals surface area (Å²) in [5, 5.41) is 0. The molecule has 0 spiro atoms. The highest BCUT2D eigenvalue weighted by molar-refractivity contribution is 6.44. The molecule has 2 heterocycles. The summed E-state index contributed by atoms with van der Waals surface area (Å²) >= 11 is 0. The minimum absolute atomic E-state index is 0.293. The van der Waals surface area contributed by atoms with Crippen molar-refractivity contribution in [1.29, 1.82) is 0 Å². The summed E-state index contributed by atoms with van der Waals surface area (Å²) in [6, 6.07) is 17.6. The molecule has 156 valence electrons. The number of rotatable bonds is 7. The van der Waals surface area contributed by atoms with E-state index in [1.165, 1.54) is 0 Å². The van der Waals surface area contributed by atoms with E-state index in [2.05, 4.69) is 4.90 Å². The summed E-state index contributed by atoms with van der Waals surface area (Å²) in [6.45, 7) is 4.48. The highest BCUT2D eigenvalue weighted by Crippen LogP contribution is 2.38. The van der Waals surface area contributed by atoms with Gasteiger partial charge in [0.25, 0.3) is 5.91 Å². The van der Waals surface area contributed by atoms with Gasteiger partial charge in [-0.15, -0.1) is 0 Å². The van der Waals surface area contributed by atoms with E-state index in [0.29, 0.717) is 12.1 Å². The van der Waals surface area contributed by atoms with E-state index in [9.17, 15) is 14.4 Å². The zero-order chi connectivity index (χ0) is 20.9. The van der Waals surface area contributed by atoms with E-state index in [4.69, 9.17) is 4.74 Å². The Morgan fingerprint density at radius 3 is 2.20 bits per heavy atom.